The molecule has 0 fully saturated rings. The number of rotatable bonds is 9. The van der Waals surface area contributed by atoms with Crippen molar-refractivity contribution in [2.45, 2.75) is 26.6 Å². The monoisotopic (exact) mass is 408 g/mol. The molecule has 1 N–H and O–H groups in total. The zero-order valence-corrected chi connectivity index (χ0v) is 17.2. The highest BCUT2D eigenvalue weighted by Crippen LogP contribution is 2.14. The normalized spacial score (nSPS) is 10.6. The van der Waals surface area contributed by atoms with Crippen molar-refractivity contribution in [1.29, 1.82) is 0 Å². The summed E-state index contributed by atoms with van der Waals surface area (Å²) in [6, 6.07) is 10.5. The molecule has 2 heterocycles. The number of hydrogen-bond acceptors (Lipinski definition) is 7. The lowest BCUT2D eigenvalue weighted by Crippen LogP contribution is -2.26. The van der Waals surface area contributed by atoms with Gasteiger partial charge in [0.15, 0.2) is 5.78 Å². The summed E-state index contributed by atoms with van der Waals surface area (Å²) >= 11 is 0. The Balaban J connectivity index is 1.64. The minimum absolute atomic E-state index is 0.134. The summed E-state index contributed by atoms with van der Waals surface area (Å²) in [5.41, 5.74) is 2.82. The molecule has 3 rings (SSSR count). The number of aryl methyl sites for hydroxylation is 1. The van der Waals surface area contributed by atoms with Crippen LogP contribution >= 0.6 is 0 Å². The number of hydrogen-bond donors (Lipinski definition) is 1. The van der Waals surface area contributed by atoms with Crippen LogP contribution in [-0.4, -0.2) is 34.7 Å². The van der Waals surface area contributed by atoms with Crippen LogP contribution in [0.4, 0.5) is 0 Å². The van der Waals surface area contributed by atoms with E-state index in [1.54, 1.807) is 31.5 Å². The summed E-state index contributed by atoms with van der Waals surface area (Å²) in [6.45, 7) is 2.66. The minimum Gasteiger partial charge on any atom is -0.495 e. The third-order valence-electron chi connectivity index (χ3n) is 4.53. The van der Waals surface area contributed by atoms with Gasteiger partial charge in [0, 0.05) is 18.2 Å². The van der Waals surface area contributed by atoms with Crippen molar-refractivity contribution in [3.63, 3.8) is 0 Å². The van der Waals surface area contributed by atoms with Crippen LogP contribution in [0.1, 0.15) is 27.2 Å². The van der Waals surface area contributed by atoms with Crippen LogP contribution in [0.5, 0.6) is 11.5 Å². The van der Waals surface area contributed by atoms with Gasteiger partial charge in [-0.1, -0.05) is 18.2 Å². The topological polar surface area (TPSA) is 95.3 Å². The van der Waals surface area contributed by atoms with Gasteiger partial charge >= 0.3 is 0 Å². The summed E-state index contributed by atoms with van der Waals surface area (Å²) in [5, 5.41) is 7.14. The second kappa shape index (κ2) is 9.80. The van der Waals surface area contributed by atoms with E-state index < -0.39 is 5.56 Å². The van der Waals surface area contributed by atoms with Gasteiger partial charge in [-0.2, -0.15) is 5.10 Å². The predicted octanol–water partition coefficient (Wildman–Crippen LogP) is 2.14. The molecule has 30 heavy (non-hydrogen) atoms. The Morgan fingerprint density at radius 1 is 1.13 bits per heavy atom. The van der Waals surface area contributed by atoms with E-state index in [0.717, 1.165) is 22.4 Å². The molecular weight excluding hydrogens is 384 g/mol. The van der Waals surface area contributed by atoms with Crippen molar-refractivity contribution in [2.75, 3.05) is 14.2 Å². The summed E-state index contributed by atoms with van der Waals surface area (Å²) in [5.74, 6) is 0.794. The summed E-state index contributed by atoms with van der Waals surface area (Å²) in [4.78, 5) is 29.2. The molecule has 0 radical (unpaired) electrons. The predicted molar refractivity (Wildman–Crippen MR) is 112 cm³/mol. The highest BCUT2D eigenvalue weighted by atomic mass is 16.5. The average molecular weight is 408 g/mol. The molecule has 0 atom stereocenters. The van der Waals surface area contributed by atoms with E-state index >= 15 is 0 Å². The molecule has 0 amide bonds. The largest absolute Gasteiger partial charge is 0.495 e. The first-order chi connectivity index (χ1) is 14.5. The number of nitrogens with zero attached hydrogens (tertiary/aromatic N) is 3. The third-order valence-corrected chi connectivity index (χ3v) is 4.53. The fourth-order valence-electron chi connectivity index (χ4n) is 2.96. The van der Waals surface area contributed by atoms with Gasteiger partial charge in [0.05, 0.1) is 25.2 Å². The van der Waals surface area contributed by atoms with Crippen LogP contribution in [-0.2, 0) is 19.7 Å². The molecule has 0 saturated carbocycles. The SMILES string of the molecule is CNCc1ccc(C(=O)Cn2ncc(OCc3ccc(OC)cn3)cc2=O)c(C)c1. The number of benzene rings is 1. The van der Waals surface area contributed by atoms with Crippen molar-refractivity contribution in [3.8, 4) is 11.5 Å². The van der Waals surface area contributed by atoms with Gasteiger partial charge in [-0.15, -0.1) is 0 Å². The lowest BCUT2D eigenvalue weighted by atomic mass is 10.0. The Morgan fingerprint density at radius 2 is 1.97 bits per heavy atom. The van der Waals surface area contributed by atoms with E-state index in [1.807, 2.05) is 26.1 Å². The fraction of sp³-hybridized carbons (Fsp3) is 0.273. The fourth-order valence-corrected chi connectivity index (χ4v) is 2.96. The second-order valence-electron chi connectivity index (χ2n) is 6.77. The van der Waals surface area contributed by atoms with Gasteiger partial charge in [0.1, 0.15) is 24.7 Å². The average Bonchev–Trinajstić information content (AvgIpc) is 2.74. The van der Waals surface area contributed by atoms with Crippen molar-refractivity contribution in [3.05, 3.63) is 81.5 Å². The van der Waals surface area contributed by atoms with E-state index in [4.69, 9.17) is 9.47 Å². The standard InChI is InChI=1S/C22H24N4O4/c1-15-8-16(10-23-2)4-7-20(15)21(27)13-26-22(28)9-19(12-25-26)30-14-17-5-6-18(29-3)11-24-17/h4-9,11-12,23H,10,13-14H2,1-3H3. The van der Waals surface area contributed by atoms with Gasteiger partial charge < -0.3 is 14.8 Å². The molecule has 2 aromatic heterocycles. The van der Waals surface area contributed by atoms with E-state index in [9.17, 15) is 9.59 Å². The van der Waals surface area contributed by atoms with Crippen LogP contribution < -0.4 is 20.3 Å². The van der Waals surface area contributed by atoms with Crippen molar-refractivity contribution < 1.29 is 14.3 Å². The Hall–Kier alpha value is -3.52. The molecule has 0 aliphatic heterocycles. The van der Waals surface area contributed by atoms with Crippen molar-refractivity contribution in [1.82, 2.24) is 20.1 Å². The number of pyridine rings is 1. The van der Waals surface area contributed by atoms with Crippen LogP contribution in [0.3, 0.4) is 0 Å². The van der Waals surface area contributed by atoms with Crippen LogP contribution in [0.15, 0.2) is 53.6 Å². The molecule has 8 nitrogen and oxygen atoms in total. The Kier molecular flexibility index (Phi) is 6.92. The summed E-state index contributed by atoms with van der Waals surface area (Å²) < 4.78 is 11.8. The van der Waals surface area contributed by atoms with Gasteiger partial charge in [-0.25, -0.2) is 4.68 Å². The Bertz CT molecular complexity index is 1080. The maximum absolute atomic E-state index is 12.6. The molecule has 0 aliphatic carbocycles. The minimum atomic E-state index is -0.409. The lowest BCUT2D eigenvalue weighted by molar-refractivity contribution is 0.0964. The zero-order valence-electron chi connectivity index (χ0n) is 17.2. The van der Waals surface area contributed by atoms with E-state index in [-0.39, 0.29) is 18.9 Å². The number of ketones is 1. The van der Waals surface area contributed by atoms with Crippen molar-refractivity contribution in [2.24, 2.45) is 0 Å². The molecule has 0 unspecified atom stereocenters. The molecule has 0 bridgehead atoms. The quantitative estimate of drug-likeness (QED) is 0.542. The molecule has 0 aliphatic rings. The zero-order chi connectivity index (χ0) is 21.5. The number of aromatic nitrogens is 3. The lowest BCUT2D eigenvalue weighted by Gasteiger charge is -2.10. The highest BCUT2D eigenvalue weighted by Gasteiger charge is 2.12. The first-order valence-corrected chi connectivity index (χ1v) is 9.46. The first-order valence-electron chi connectivity index (χ1n) is 9.46. The van der Waals surface area contributed by atoms with Gasteiger partial charge in [0.2, 0.25) is 0 Å². The summed E-state index contributed by atoms with van der Waals surface area (Å²) in [6.07, 6.45) is 3.01. The number of ether oxygens (including phenoxy) is 2. The van der Waals surface area contributed by atoms with E-state index in [1.165, 1.54) is 12.3 Å². The van der Waals surface area contributed by atoms with Crippen LogP contribution in [0.25, 0.3) is 0 Å². The number of carbonyl (C=O) groups excluding carboxylic acids is 1. The van der Waals surface area contributed by atoms with Gasteiger partial charge in [-0.05, 0) is 37.2 Å². The Morgan fingerprint density at radius 3 is 2.60 bits per heavy atom. The molecule has 156 valence electrons. The Labute approximate surface area is 174 Å². The molecule has 1 aromatic carbocycles. The van der Waals surface area contributed by atoms with Crippen LogP contribution in [0.2, 0.25) is 0 Å². The molecule has 0 spiro atoms. The highest BCUT2D eigenvalue weighted by molar-refractivity contribution is 5.97. The number of methoxy groups -OCH3 is 1. The summed E-state index contributed by atoms with van der Waals surface area (Å²) in [7, 11) is 3.44. The maximum atomic E-state index is 12.6. The molecule has 0 saturated heterocycles. The van der Waals surface area contributed by atoms with E-state index in [0.29, 0.717) is 22.8 Å². The molecule has 3 aromatic rings. The maximum Gasteiger partial charge on any atom is 0.270 e. The van der Waals surface area contributed by atoms with Crippen molar-refractivity contribution >= 4 is 5.78 Å². The second-order valence-corrected chi connectivity index (χ2v) is 6.77. The molecule has 8 heteroatoms. The first kappa shape index (κ1) is 21.2. The van der Waals surface area contributed by atoms with Crippen LogP contribution in [0, 0.1) is 6.92 Å². The number of carbonyl (C=O) groups is 1. The molecular formula is C22H24N4O4. The van der Waals surface area contributed by atoms with E-state index in [2.05, 4.69) is 15.4 Å². The van der Waals surface area contributed by atoms with Gasteiger partial charge in [-0.3, -0.25) is 14.6 Å². The number of nitrogens with one attached hydrogen (secondary N) is 1. The smallest absolute Gasteiger partial charge is 0.270 e. The third kappa shape index (κ3) is 5.30. The number of Topliss-reactive ketones (excluding diaryl/α,β-unsaturated/α-hetero) is 1. The van der Waals surface area contributed by atoms with Gasteiger partial charge in [0.25, 0.3) is 5.56 Å².